The summed E-state index contributed by atoms with van der Waals surface area (Å²) in [5.74, 6) is -0.269. The van der Waals surface area contributed by atoms with Gasteiger partial charge in [-0.05, 0) is 44.6 Å². The van der Waals surface area contributed by atoms with Crippen molar-refractivity contribution >= 4 is 28.4 Å². The lowest BCUT2D eigenvalue weighted by molar-refractivity contribution is -0.128. The minimum atomic E-state index is -0.260. The van der Waals surface area contributed by atoms with Gasteiger partial charge in [0.2, 0.25) is 11.8 Å². The number of anilines is 1. The van der Waals surface area contributed by atoms with E-state index in [9.17, 15) is 9.59 Å². The second-order valence-corrected chi connectivity index (χ2v) is 6.91. The molecule has 6 nitrogen and oxygen atoms in total. The first kappa shape index (κ1) is 17.5. The van der Waals surface area contributed by atoms with Crippen LogP contribution in [-0.4, -0.2) is 59.9 Å². The first-order valence-electron chi connectivity index (χ1n) is 8.80. The van der Waals surface area contributed by atoms with Crippen LogP contribution >= 0.6 is 0 Å². The molecule has 1 aromatic carbocycles. The number of nitrogens with zero attached hydrogens (tertiary/aromatic N) is 3. The van der Waals surface area contributed by atoms with Crippen molar-refractivity contribution < 1.29 is 9.59 Å². The number of benzene rings is 1. The van der Waals surface area contributed by atoms with Crippen LogP contribution in [0.5, 0.6) is 0 Å². The predicted molar refractivity (Wildman–Crippen MR) is 99.5 cm³/mol. The summed E-state index contributed by atoms with van der Waals surface area (Å²) in [5, 5.41) is 4.14. The van der Waals surface area contributed by atoms with E-state index in [-0.39, 0.29) is 17.7 Å². The van der Waals surface area contributed by atoms with Crippen molar-refractivity contribution in [2.45, 2.75) is 19.9 Å². The number of nitrogens with one attached hydrogen (secondary N) is 1. The third-order valence-corrected chi connectivity index (χ3v) is 4.80. The molecule has 0 bridgehead atoms. The van der Waals surface area contributed by atoms with Gasteiger partial charge in [0.1, 0.15) is 0 Å². The molecule has 134 valence electrons. The summed E-state index contributed by atoms with van der Waals surface area (Å²) in [6.45, 7) is 4.97. The molecule has 1 N–H and O–H groups in total. The lowest BCUT2D eigenvalue weighted by atomic mass is 10.1. The number of carbonyl (C=O) groups is 2. The SMILES string of the molecule is CCN1C[C@H](C(=O)Nc2ccc3ccn(CCN(C)C)c3c2)CC1=O. The largest absolute Gasteiger partial charge is 0.346 e. The summed E-state index contributed by atoms with van der Waals surface area (Å²) < 4.78 is 2.20. The fourth-order valence-corrected chi connectivity index (χ4v) is 3.26. The minimum absolute atomic E-state index is 0.0654. The number of hydrogen-bond acceptors (Lipinski definition) is 3. The van der Waals surface area contributed by atoms with E-state index >= 15 is 0 Å². The van der Waals surface area contributed by atoms with Crippen LogP contribution in [0.25, 0.3) is 10.9 Å². The number of amides is 2. The maximum absolute atomic E-state index is 12.5. The fourth-order valence-electron chi connectivity index (χ4n) is 3.26. The van der Waals surface area contributed by atoms with Crippen molar-refractivity contribution in [3.63, 3.8) is 0 Å². The molecular formula is C19H26N4O2. The van der Waals surface area contributed by atoms with Gasteiger partial charge < -0.3 is 19.7 Å². The molecule has 1 aliphatic heterocycles. The van der Waals surface area contributed by atoms with E-state index in [0.29, 0.717) is 19.5 Å². The van der Waals surface area contributed by atoms with Crippen LogP contribution in [0.1, 0.15) is 13.3 Å². The normalized spacial score (nSPS) is 17.7. The van der Waals surface area contributed by atoms with Gasteiger partial charge in [-0.25, -0.2) is 0 Å². The topological polar surface area (TPSA) is 57.6 Å². The predicted octanol–water partition coefficient (Wildman–Crippen LogP) is 2.01. The standard InChI is InChI=1S/C19H26N4O2/c1-4-22-13-15(11-18(22)24)19(25)20-16-6-5-14-7-8-23(17(14)12-16)10-9-21(2)3/h5-8,12,15H,4,9-11,13H2,1-3H3,(H,20,25)/t15-/m1/s1. The van der Waals surface area contributed by atoms with Gasteiger partial charge in [-0.3, -0.25) is 9.59 Å². The molecule has 25 heavy (non-hydrogen) atoms. The molecule has 3 rings (SSSR count). The number of aromatic nitrogens is 1. The van der Waals surface area contributed by atoms with Gasteiger partial charge >= 0.3 is 0 Å². The third kappa shape index (κ3) is 3.85. The number of rotatable bonds is 6. The average molecular weight is 342 g/mol. The van der Waals surface area contributed by atoms with Gasteiger partial charge in [0, 0.05) is 44.5 Å². The van der Waals surface area contributed by atoms with Crippen molar-refractivity contribution in [1.82, 2.24) is 14.4 Å². The molecule has 0 radical (unpaired) electrons. The molecule has 0 saturated carbocycles. The van der Waals surface area contributed by atoms with Gasteiger partial charge in [0.15, 0.2) is 0 Å². The number of hydrogen-bond donors (Lipinski definition) is 1. The van der Waals surface area contributed by atoms with Gasteiger partial charge in [0.25, 0.3) is 0 Å². The molecule has 2 heterocycles. The van der Waals surface area contributed by atoms with Crippen LogP contribution in [-0.2, 0) is 16.1 Å². The van der Waals surface area contributed by atoms with Gasteiger partial charge in [-0.15, -0.1) is 0 Å². The van der Waals surface area contributed by atoms with Gasteiger partial charge in [-0.1, -0.05) is 6.07 Å². The van der Waals surface area contributed by atoms with Crippen LogP contribution in [0.4, 0.5) is 5.69 Å². The molecule has 0 aliphatic carbocycles. The van der Waals surface area contributed by atoms with Crippen molar-refractivity contribution in [2.75, 3.05) is 39.0 Å². The molecule has 0 unspecified atom stereocenters. The van der Waals surface area contributed by atoms with Crippen molar-refractivity contribution in [2.24, 2.45) is 5.92 Å². The number of carbonyl (C=O) groups excluding carboxylic acids is 2. The monoisotopic (exact) mass is 342 g/mol. The molecule has 1 aromatic heterocycles. The van der Waals surface area contributed by atoms with Crippen LogP contribution in [0.15, 0.2) is 30.5 Å². The molecule has 2 amide bonds. The molecule has 1 fully saturated rings. The van der Waals surface area contributed by atoms with E-state index < -0.39 is 0 Å². The highest BCUT2D eigenvalue weighted by Crippen LogP contribution is 2.23. The smallest absolute Gasteiger partial charge is 0.229 e. The highest BCUT2D eigenvalue weighted by Gasteiger charge is 2.33. The Balaban J connectivity index is 1.72. The van der Waals surface area contributed by atoms with Crippen molar-refractivity contribution in [3.05, 3.63) is 30.5 Å². The van der Waals surface area contributed by atoms with E-state index in [4.69, 9.17) is 0 Å². The first-order chi connectivity index (χ1) is 12.0. The van der Waals surface area contributed by atoms with Crippen LogP contribution < -0.4 is 5.32 Å². The average Bonchev–Trinajstić information content (AvgIpc) is 3.15. The Morgan fingerprint density at radius 3 is 2.80 bits per heavy atom. The molecule has 1 aliphatic rings. The Labute approximate surface area is 148 Å². The molecule has 2 aromatic rings. The number of likely N-dealkylation sites (N-methyl/N-ethyl adjacent to an activating group) is 1. The fraction of sp³-hybridized carbons (Fsp3) is 0.474. The Morgan fingerprint density at radius 1 is 1.32 bits per heavy atom. The molecular weight excluding hydrogens is 316 g/mol. The number of likely N-dealkylation sites (tertiary alicyclic amines) is 1. The zero-order valence-electron chi connectivity index (χ0n) is 15.2. The third-order valence-electron chi connectivity index (χ3n) is 4.80. The van der Waals surface area contributed by atoms with Crippen molar-refractivity contribution in [3.8, 4) is 0 Å². The Morgan fingerprint density at radius 2 is 2.12 bits per heavy atom. The second-order valence-electron chi connectivity index (χ2n) is 6.91. The summed E-state index contributed by atoms with van der Waals surface area (Å²) in [7, 11) is 4.11. The summed E-state index contributed by atoms with van der Waals surface area (Å²) in [5.41, 5.74) is 1.89. The maximum Gasteiger partial charge on any atom is 0.229 e. The second kappa shape index (κ2) is 7.27. The zero-order valence-corrected chi connectivity index (χ0v) is 15.2. The molecule has 1 saturated heterocycles. The van der Waals surface area contributed by atoms with Crippen LogP contribution in [0, 0.1) is 5.92 Å². The lowest BCUT2D eigenvalue weighted by Crippen LogP contribution is -2.28. The molecule has 1 atom stereocenters. The van der Waals surface area contributed by atoms with E-state index in [1.807, 2.05) is 25.1 Å². The Bertz CT molecular complexity index is 781. The minimum Gasteiger partial charge on any atom is -0.346 e. The summed E-state index contributed by atoms with van der Waals surface area (Å²) in [4.78, 5) is 28.2. The summed E-state index contributed by atoms with van der Waals surface area (Å²) >= 11 is 0. The maximum atomic E-state index is 12.5. The van der Waals surface area contributed by atoms with E-state index in [2.05, 4.69) is 41.1 Å². The Hall–Kier alpha value is -2.34. The van der Waals surface area contributed by atoms with E-state index in [1.165, 1.54) is 0 Å². The highest BCUT2D eigenvalue weighted by atomic mass is 16.2. The zero-order chi connectivity index (χ0) is 18.0. The quantitative estimate of drug-likeness (QED) is 0.874. The first-order valence-corrected chi connectivity index (χ1v) is 8.80. The summed E-state index contributed by atoms with van der Waals surface area (Å²) in [6.07, 6.45) is 2.38. The summed E-state index contributed by atoms with van der Waals surface area (Å²) in [6, 6.07) is 8.04. The number of fused-ring (bicyclic) bond motifs is 1. The van der Waals surface area contributed by atoms with Crippen LogP contribution in [0.2, 0.25) is 0 Å². The van der Waals surface area contributed by atoms with Crippen molar-refractivity contribution in [1.29, 1.82) is 0 Å². The van der Waals surface area contributed by atoms with E-state index in [1.54, 1.807) is 4.90 Å². The molecule has 6 heteroatoms. The lowest BCUT2D eigenvalue weighted by Gasteiger charge is -2.14. The Kier molecular flexibility index (Phi) is 5.08. The highest BCUT2D eigenvalue weighted by molar-refractivity contribution is 5.98. The van der Waals surface area contributed by atoms with Gasteiger partial charge in [0.05, 0.1) is 11.4 Å². The van der Waals surface area contributed by atoms with Gasteiger partial charge in [-0.2, -0.15) is 0 Å². The van der Waals surface area contributed by atoms with E-state index in [0.717, 1.165) is 29.7 Å². The molecule has 0 spiro atoms. The van der Waals surface area contributed by atoms with Crippen LogP contribution in [0.3, 0.4) is 0 Å².